The molecule has 2 heterocycles. The van der Waals surface area contributed by atoms with E-state index in [0.717, 1.165) is 51.1 Å². The number of piperidine rings is 1. The van der Waals surface area contributed by atoms with Crippen LogP contribution in [0.4, 0.5) is 4.39 Å². The van der Waals surface area contributed by atoms with Crippen molar-refractivity contribution in [3.63, 3.8) is 0 Å². The number of amides is 1. The molecule has 2 aliphatic heterocycles. The first-order chi connectivity index (χ1) is 11.2. The molecule has 0 saturated carbocycles. The van der Waals surface area contributed by atoms with Gasteiger partial charge in [-0.2, -0.15) is 0 Å². The van der Waals surface area contributed by atoms with Gasteiger partial charge in [-0.05, 0) is 42.9 Å². The summed E-state index contributed by atoms with van der Waals surface area (Å²) in [5.41, 5.74) is 1.05. The zero-order valence-corrected chi connectivity index (χ0v) is 13.5. The van der Waals surface area contributed by atoms with Gasteiger partial charge in [0, 0.05) is 32.1 Å². The van der Waals surface area contributed by atoms with Crippen molar-refractivity contribution in [2.24, 2.45) is 5.92 Å². The highest BCUT2D eigenvalue weighted by Crippen LogP contribution is 2.22. The Bertz CT molecular complexity index is 524. The van der Waals surface area contributed by atoms with Crippen LogP contribution in [0.5, 0.6) is 0 Å². The number of carbonyl (C=O) groups excluding carboxylic acids is 1. The Morgan fingerprint density at radius 3 is 2.87 bits per heavy atom. The first-order valence-corrected chi connectivity index (χ1v) is 8.54. The lowest BCUT2D eigenvalue weighted by Crippen LogP contribution is -2.46. The van der Waals surface area contributed by atoms with Crippen LogP contribution < -0.4 is 5.32 Å². The fraction of sp³-hybridized carbons (Fsp3) is 0.611. The van der Waals surface area contributed by atoms with Crippen LogP contribution in [0.2, 0.25) is 0 Å². The van der Waals surface area contributed by atoms with Gasteiger partial charge in [0.2, 0.25) is 5.91 Å². The molecule has 1 aromatic rings. The fourth-order valence-corrected chi connectivity index (χ4v) is 3.47. The molecule has 126 valence electrons. The van der Waals surface area contributed by atoms with Crippen LogP contribution >= 0.6 is 0 Å². The highest BCUT2D eigenvalue weighted by Gasteiger charge is 2.25. The van der Waals surface area contributed by atoms with E-state index in [4.69, 9.17) is 4.74 Å². The minimum Gasteiger partial charge on any atom is -0.378 e. The van der Waals surface area contributed by atoms with Crippen molar-refractivity contribution in [3.05, 3.63) is 35.6 Å². The van der Waals surface area contributed by atoms with E-state index in [-0.39, 0.29) is 17.8 Å². The summed E-state index contributed by atoms with van der Waals surface area (Å²) in [7, 11) is 0. The fourth-order valence-electron chi connectivity index (χ4n) is 3.47. The minimum absolute atomic E-state index is 0.154. The Hall–Kier alpha value is -1.46. The maximum atomic E-state index is 13.2. The first-order valence-electron chi connectivity index (χ1n) is 8.54. The Morgan fingerprint density at radius 1 is 1.35 bits per heavy atom. The van der Waals surface area contributed by atoms with Crippen molar-refractivity contribution >= 4 is 5.91 Å². The first kappa shape index (κ1) is 16.4. The van der Waals surface area contributed by atoms with Crippen molar-refractivity contribution in [2.75, 3.05) is 32.8 Å². The van der Waals surface area contributed by atoms with E-state index in [0.29, 0.717) is 18.9 Å². The van der Waals surface area contributed by atoms with E-state index in [1.807, 2.05) is 11.0 Å². The molecule has 23 heavy (non-hydrogen) atoms. The molecule has 0 bridgehead atoms. The van der Waals surface area contributed by atoms with Gasteiger partial charge in [0.1, 0.15) is 5.82 Å². The smallest absolute Gasteiger partial charge is 0.224 e. The zero-order chi connectivity index (χ0) is 16.1. The van der Waals surface area contributed by atoms with Crippen molar-refractivity contribution in [3.8, 4) is 0 Å². The number of rotatable bonds is 4. The lowest BCUT2D eigenvalue weighted by Gasteiger charge is -2.33. The third-order valence-electron chi connectivity index (χ3n) is 4.80. The SMILES string of the molecule is O=C(CC1COCCN1)N1CCC(Cc2cccc(F)c2)CC1. The molecule has 2 aliphatic rings. The summed E-state index contributed by atoms with van der Waals surface area (Å²) in [5, 5.41) is 3.33. The van der Waals surface area contributed by atoms with Gasteiger partial charge in [-0.25, -0.2) is 4.39 Å². The number of morpholine rings is 1. The van der Waals surface area contributed by atoms with Crippen LogP contribution in [-0.2, 0) is 16.0 Å². The second kappa shape index (κ2) is 7.88. The Labute approximate surface area is 137 Å². The number of carbonyl (C=O) groups is 1. The molecule has 2 saturated heterocycles. The minimum atomic E-state index is -0.169. The van der Waals surface area contributed by atoms with Gasteiger partial charge >= 0.3 is 0 Å². The summed E-state index contributed by atoms with van der Waals surface area (Å²) in [5.74, 6) is 0.589. The van der Waals surface area contributed by atoms with E-state index >= 15 is 0 Å². The van der Waals surface area contributed by atoms with Crippen LogP contribution in [-0.4, -0.2) is 49.7 Å². The third kappa shape index (κ3) is 4.75. The molecule has 0 spiro atoms. The lowest BCUT2D eigenvalue weighted by molar-refractivity contribution is -0.133. The van der Waals surface area contributed by atoms with E-state index in [2.05, 4.69) is 5.32 Å². The van der Waals surface area contributed by atoms with E-state index < -0.39 is 0 Å². The number of benzene rings is 1. The van der Waals surface area contributed by atoms with Crippen LogP contribution in [0.3, 0.4) is 0 Å². The highest BCUT2D eigenvalue weighted by molar-refractivity contribution is 5.77. The van der Waals surface area contributed by atoms with Crippen molar-refractivity contribution in [1.29, 1.82) is 0 Å². The van der Waals surface area contributed by atoms with E-state index in [1.54, 1.807) is 12.1 Å². The quantitative estimate of drug-likeness (QED) is 0.922. The monoisotopic (exact) mass is 320 g/mol. The Morgan fingerprint density at radius 2 is 2.17 bits per heavy atom. The number of nitrogens with one attached hydrogen (secondary N) is 1. The van der Waals surface area contributed by atoms with Crippen molar-refractivity contribution < 1.29 is 13.9 Å². The summed E-state index contributed by atoms with van der Waals surface area (Å²) < 4.78 is 18.6. The summed E-state index contributed by atoms with van der Waals surface area (Å²) in [6, 6.07) is 7.00. The molecule has 4 nitrogen and oxygen atoms in total. The topological polar surface area (TPSA) is 41.6 Å². The molecule has 1 amide bonds. The summed E-state index contributed by atoms with van der Waals surface area (Å²) >= 11 is 0. The summed E-state index contributed by atoms with van der Waals surface area (Å²) in [4.78, 5) is 14.3. The molecular formula is C18H25FN2O2. The maximum absolute atomic E-state index is 13.2. The third-order valence-corrected chi connectivity index (χ3v) is 4.80. The zero-order valence-electron chi connectivity index (χ0n) is 13.5. The van der Waals surface area contributed by atoms with Crippen LogP contribution in [0.1, 0.15) is 24.8 Å². The van der Waals surface area contributed by atoms with Gasteiger partial charge in [-0.15, -0.1) is 0 Å². The number of nitrogens with zero attached hydrogens (tertiary/aromatic N) is 1. The Balaban J connectivity index is 1.43. The second-order valence-corrected chi connectivity index (χ2v) is 6.59. The summed E-state index contributed by atoms with van der Waals surface area (Å²) in [6.07, 6.45) is 3.42. The maximum Gasteiger partial charge on any atom is 0.224 e. The van der Waals surface area contributed by atoms with Crippen molar-refractivity contribution in [1.82, 2.24) is 10.2 Å². The predicted octanol–water partition coefficient (Wildman–Crippen LogP) is 1.99. The van der Waals surface area contributed by atoms with Crippen molar-refractivity contribution in [2.45, 2.75) is 31.7 Å². The molecular weight excluding hydrogens is 295 g/mol. The molecule has 5 heteroatoms. The van der Waals surface area contributed by atoms with E-state index in [9.17, 15) is 9.18 Å². The van der Waals surface area contributed by atoms with Gasteiger partial charge in [-0.3, -0.25) is 4.79 Å². The number of hydrogen-bond acceptors (Lipinski definition) is 3. The molecule has 1 N–H and O–H groups in total. The lowest BCUT2D eigenvalue weighted by atomic mass is 9.90. The average Bonchev–Trinajstić information content (AvgIpc) is 2.56. The number of likely N-dealkylation sites (tertiary alicyclic amines) is 1. The normalized spacial score (nSPS) is 23.0. The molecule has 2 fully saturated rings. The molecule has 1 atom stereocenters. The number of halogens is 1. The van der Waals surface area contributed by atoms with Crippen LogP contribution in [0.15, 0.2) is 24.3 Å². The van der Waals surface area contributed by atoms with Gasteiger partial charge < -0.3 is 15.0 Å². The van der Waals surface area contributed by atoms with Gasteiger partial charge in [0.25, 0.3) is 0 Å². The number of ether oxygens (including phenoxy) is 1. The molecule has 0 radical (unpaired) electrons. The molecule has 1 unspecified atom stereocenters. The highest BCUT2D eigenvalue weighted by atomic mass is 19.1. The van der Waals surface area contributed by atoms with Crippen LogP contribution in [0.25, 0.3) is 0 Å². The molecule has 0 aromatic heterocycles. The largest absolute Gasteiger partial charge is 0.378 e. The number of hydrogen-bond donors (Lipinski definition) is 1. The molecule has 0 aliphatic carbocycles. The standard InChI is InChI=1S/C18H25FN2O2/c19-16-3-1-2-15(11-16)10-14-4-7-21(8-5-14)18(22)12-17-13-23-9-6-20-17/h1-3,11,14,17,20H,4-10,12-13H2. The summed E-state index contributed by atoms with van der Waals surface area (Å²) in [6.45, 7) is 3.81. The average molecular weight is 320 g/mol. The van der Waals surface area contributed by atoms with Gasteiger partial charge in [0.15, 0.2) is 0 Å². The van der Waals surface area contributed by atoms with Gasteiger partial charge in [-0.1, -0.05) is 12.1 Å². The molecule has 1 aromatic carbocycles. The van der Waals surface area contributed by atoms with E-state index in [1.165, 1.54) is 6.07 Å². The van der Waals surface area contributed by atoms with Gasteiger partial charge in [0.05, 0.1) is 13.2 Å². The van der Waals surface area contributed by atoms with Crippen LogP contribution in [0, 0.1) is 11.7 Å². The second-order valence-electron chi connectivity index (χ2n) is 6.59. The predicted molar refractivity (Wildman–Crippen MR) is 86.6 cm³/mol. The Kier molecular flexibility index (Phi) is 5.62. The molecule has 3 rings (SSSR count).